The molecule has 0 radical (unpaired) electrons. The molecule has 0 aromatic heterocycles. The summed E-state index contributed by atoms with van der Waals surface area (Å²) >= 11 is 0.660. The van der Waals surface area contributed by atoms with Crippen LogP contribution in [0.2, 0.25) is 0 Å². The Balaban J connectivity index is 0. The Morgan fingerprint density at radius 2 is 2.17 bits per heavy atom. The van der Waals surface area contributed by atoms with Gasteiger partial charge in [0.1, 0.15) is 0 Å². The molecule has 68 valence electrons. The van der Waals surface area contributed by atoms with E-state index >= 15 is 0 Å². The molecule has 0 bridgehead atoms. The van der Waals surface area contributed by atoms with Crippen molar-refractivity contribution in [2.45, 2.75) is 6.42 Å². The van der Waals surface area contributed by atoms with E-state index in [2.05, 4.69) is 8.95 Å². The van der Waals surface area contributed by atoms with E-state index in [0.717, 1.165) is 13.0 Å². The van der Waals surface area contributed by atoms with Gasteiger partial charge in [-0.25, -0.2) is 12.0 Å². The van der Waals surface area contributed by atoms with Crippen molar-refractivity contribution >= 4 is 22.4 Å². The smallest absolute Gasteiger partial charge is 0.725 e. The second-order valence-electron chi connectivity index (χ2n) is 1.76. The van der Waals surface area contributed by atoms with Crippen LogP contribution in [0.5, 0.6) is 0 Å². The van der Waals surface area contributed by atoms with Gasteiger partial charge in [-0.1, -0.05) is 0 Å². The van der Waals surface area contributed by atoms with Gasteiger partial charge in [-0.3, -0.25) is 0 Å². The first-order valence-corrected chi connectivity index (χ1v) is 5.22. The Morgan fingerprint density at radius 3 is 2.58 bits per heavy atom. The molecule has 0 amide bonds. The van der Waals surface area contributed by atoms with E-state index in [4.69, 9.17) is 0 Å². The van der Waals surface area contributed by atoms with Crippen LogP contribution >= 0.6 is 12.0 Å². The molecule has 0 saturated heterocycles. The molecule has 0 saturated carbocycles. The first kappa shape index (κ1) is 15.6. The summed E-state index contributed by atoms with van der Waals surface area (Å²) in [6, 6.07) is 0. The van der Waals surface area contributed by atoms with Crippen molar-refractivity contribution in [1.29, 1.82) is 0 Å². The monoisotopic (exact) mass is 223 g/mol. The summed E-state index contributed by atoms with van der Waals surface area (Å²) in [7, 11) is -2.73. The van der Waals surface area contributed by atoms with Crippen molar-refractivity contribution in [2.75, 3.05) is 19.3 Å². The predicted molar refractivity (Wildman–Crippen MR) is 41.8 cm³/mol. The Bertz CT molecular complexity index is 183. The third-order valence-electron chi connectivity index (χ3n) is 0.786. The molecule has 0 fully saturated rings. The minimum atomic E-state index is -4.52. The van der Waals surface area contributed by atoms with Crippen molar-refractivity contribution in [3.05, 3.63) is 0 Å². The van der Waals surface area contributed by atoms with Crippen molar-refractivity contribution in [3.63, 3.8) is 0 Å². The molecular weight excluding hydrogens is 213 g/mol. The van der Waals surface area contributed by atoms with E-state index in [9.17, 15) is 13.0 Å². The largest absolute Gasteiger partial charge is 1.00 e. The zero-order valence-electron chi connectivity index (χ0n) is 7.07. The van der Waals surface area contributed by atoms with Gasteiger partial charge < -0.3 is 9.87 Å². The van der Waals surface area contributed by atoms with Gasteiger partial charge in [-0.15, -0.1) is 0 Å². The van der Waals surface area contributed by atoms with Gasteiger partial charge in [-0.05, 0) is 20.0 Å². The van der Waals surface area contributed by atoms with Crippen LogP contribution in [-0.4, -0.2) is 32.3 Å². The van der Waals surface area contributed by atoms with Crippen LogP contribution in [0.25, 0.3) is 0 Å². The molecule has 0 spiro atoms. The van der Waals surface area contributed by atoms with Gasteiger partial charge in [0.15, 0.2) is 0 Å². The zero-order chi connectivity index (χ0) is 8.74. The number of rotatable bonds is 6. The normalized spacial score (nSPS) is 10.8. The zero-order valence-corrected chi connectivity index (χ0v) is 10.7. The first-order chi connectivity index (χ1) is 5.06. The molecule has 0 atom stereocenters. The van der Waals surface area contributed by atoms with Crippen molar-refractivity contribution < 1.29 is 46.2 Å². The predicted octanol–water partition coefficient (Wildman–Crippen LogP) is -3.28. The summed E-state index contributed by atoms with van der Waals surface area (Å²) in [6.07, 6.45) is 0.761. The molecule has 0 rings (SSSR count). The maximum Gasteiger partial charge on any atom is 1.00 e. The molecule has 0 heterocycles. The number of hydrogen-bond acceptors (Lipinski definition) is 6. The van der Waals surface area contributed by atoms with Crippen LogP contribution in [0, 0.1) is 0 Å². The first-order valence-electron chi connectivity index (χ1n) is 2.98. The van der Waals surface area contributed by atoms with E-state index in [0.29, 0.717) is 17.8 Å². The molecule has 0 aliphatic carbocycles. The maximum absolute atomic E-state index is 9.85. The molecule has 0 aromatic carbocycles. The standard InChI is InChI=1S/C4H11NO4S2.Na/c1-5-3-2-4-10-9-11(6,7)8;/h5H,2-4H2,1H3,(H,6,7,8);/q;+1/p-1. The number of hydrogen-bond donors (Lipinski definition) is 1. The minimum Gasteiger partial charge on any atom is -0.725 e. The van der Waals surface area contributed by atoms with Crippen molar-refractivity contribution in [1.82, 2.24) is 5.32 Å². The summed E-state index contributed by atoms with van der Waals surface area (Å²) < 4.78 is 33.4. The fourth-order valence-electron chi connectivity index (χ4n) is 0.401. The van der Waals surface area contributed by atoms with E-state index in [1.807, 2.05) is 0 Å². The van der Waals surface area contributed by atoms with Crippen LogP contribution in [0.15, 0.2) is 0 Å². The topological polar surface area (TPSA) is 78.5 Å². The summed E-state index contributed by atoms with van der Waals surface area (Å²) in [5, 5.41) is 2.87. The van der Waals surface area contributed by atoms with Crippen LogP contribution in [-0.2, 0) is 14.0 Å². The van der Waals surface area contributed by atoms with Gasteiger partial charge in [0.2, 0.25) is 10.4 Å². The second-order valence-corrected chi connectivity index (χ2v) is 3.76. The summed E-state index contributed by atoms with van der Waals surface area (Å²) in [5.74, 6) is 0.488. The Morgan fingerprint density at radius 1 is 1.58 bits per heavy atom. The van der Waals surface area contributed by atoms with E-state index in [1.54, 1.807) is 7.05 Å². The van der Waals surface area contributed by atoms with Crippen molar-refractivity contribution in [2.24, 2.45) is 0 Å². The molecule has 0 aliphatic heterocycles. The van der Waals surface area contributed by atoms with Crippen LogP contribution in [0.3, 0.4) is 0 Å². The fraction of sp³-hybridized carbons (Fsp3) is 1.00. The van der Waals surface area contributed by atoms with Crippen LogP contribution < -0.4 is 34.9 Å². The molecule has 0 aliphatic rings. The summed E-state index contributed by atoms with van der Waals surface area (Å²) in [4.78, 5) is 0. The van der Waals surface area contributed by atoms with Crippen molar-refractivity contribution in [3.8, 4) is 0 Å². The molecule has 5 nitrogen and oxygen atoms in total. The second kappa shape index (κ2) is 8.76. The average molecular weight is 223 g/mol. The van der Waals surface area contributed by atoms with E-state index in [1.165, 1.54) is 0 Å². The molecular formula is C4H10NNaO4S2. The fourth-order valence-corrected chi connectivity index (χ4v) is 1.41. The number of nitrogens with one attached hydrogen (secondary N) is 1. The van der Waals surface area contributed by atoms with Gasteiger partial charge in [0.05, 0.1) is 0 Å². The average Bonchev–Trinajstić information content (AvgIpc) is 1.85. The van der Waals surface area contributed by atoms with Crippen LogP contribution in [0.1, 0.15) is 6.42 Å². The summed E-state index contributed by atoms with van der Waals surface area (Å²) in [6.45, 7) is 0.773. The maximum atomic E-state index is 9.85. The van der Waals surface area contributed by atoms with Crippen LogP contribution in [0.4, 0.5) is 0 Å². The minimum absolute atomic E-state index is 0. The van der Waals surface area contributed by atoms with Gasteiger partial charge in [0.25, 0.3) is 0 Å². The van der Waals surface area contributed by atoms with Gasteiger partial charge >= 0.3 is 29.6 Å². The summed E-state index contributed by atoms with van der Waals surface area (Å²) in [5.41, 5.74) is 0. The molecule has 0 aromatic rings. The molecule has 8 heteroatoms. The van der Waals surface area contributed by atoms with E-state index in [-0.39, 0.29) is 29.6 Å². The third kappa shape index (κ3) is 13.7. The molecule has 12 heavy (non-hydrogen) atoms. The van der Waals surface area contributed by atoms with E-state index < -0.39 is 10.4 Å². The Kier molecular flexibility index (Phi) is 11.4. The SMILES string of the molecule is CNCCCSOS(=O)(=O)[O-].[Na+]. The molecule has 1 N–H and O–H groups in total. The Labute approximate surface area is 99.1 Å². The third-order valence-corrected chi connectivity index (χ3v) is 2.29. The van der Waals surface area contributed by atoms with Gasteiger partial charge in [-0.2, -0.15) is 0 Å². The van der Waals surface area contributed by atoms with Gasteiger partial charge in [0, 0.05) is 17.8 Å². The Hall–Kier alpha value is 1.18. The molecule has 0 unspecified atom stereocenters. The quantitative estimate of drug-likeness (QED) is 0.167.